The molecule has 1 aliphatic carbocycles. The van der Waals surface area contributed by atoms with Crippen molar-refractivity contribution in [2.75, 3.05) is 12.4 Å². The molecular formula is C8H16O3S. The summed E-state index contributed by atoms with van der Waals surface area (Å²) in [6, 6.07) is 0. The number of rotatable bonds is 3. The molecule has 0 radical (unpaired) electrons. The number of aliphatic hydroxyl groups excluding tert-OH is 1. The number of aliphatic hydroxyl groups is 1. The van der Waals surface area contributed by atoms with Crippen LogP contribution in [0, 0.1) is 5.92 Å². The van der Waals surface area contributed by atoms with Gasteiger partial charge in [0.05, 0.1) is 5.25 Å². The van der Waals surface area contributed by atoms with E-state index in [0.29, 0.717) is 6.42 Å². The van der Waals surface area contributed by atoms with Crippen molar-refractivity contribution in [2.45, 2.75) is 31.4 Å². The van der Waals surface area contributed by atoms with Crippen LogP contribution in [0.25, 0.3) is 0 Å². The summed E-state index contributed by atoms with van der Waals surface area (Å²) in [5, 5.41) is 8.65. The maximum Gasteiger partial charge on any atom is 0.152 e. The van der Waals surface area contributed by atoms with Crippen LogP contribution in [-0.2, 0) is 9.84 Å². The first-order valence-corrected chi connectivity index (χ1v) is 6.14. The number of hydrogen-bond acceptors (Lipinski definition) is 3. The largest absolute Gasteiger partial charge is 0.396 e. The molecule has 0 unspecified atom stereocenters. The van der Waals surface area contributed by atoms with Gasteiger partial charge in [0, 0.05) is 12.4 Å². The fraction of sp³-hybridized carbons (Fsp3) is 1.00. The molecular weight excluding hydrogens is 176 g/mol. The van der Waals surface area contributed by atoms with E-state index in [2.05, 4.69) is 0 Å². The second-order valence-electron chi connectivity index (χ2n) is 3.44. The third kappa shape index (κ3) is 1.98. The highest BCUT2D eigenvalue weighted by Gasteiger charge is 2.32. The summed E-state index contributed by atoms with van der Waals surface area (Å²) < 4.78 is 22.8. The van der Waals surface area contributed by atoms with Crippen LogP contribution < -0.4 is 0 Å². The Balaban J connectivity index is 2.58. The van der Waals surface area contributed by atoms with E-state index >= 15 is 0 Å². The summed E-state index contributed by atoms with van der Waals surface area (Å²) in [5.41, 5.74) is 0. The van der Waals surface area contributed by atoms with E-state index < -0.39 is 9.84 Å². The van der Waals surface area contributed by atoms with Crippen LogP contribution in [0.3, 0.4) is 0 Å². The van der Waals surface area contributed by atoms with Gasteiger partial charge in [-0.05, 0) is 25.2 Å². The molecule has 0 aromatic heterocycles. The Labute approximate surface area is 73.7 Å². The zero-order valence-corrected chi connectivity index (χ0v) is 8.18. The van der Waals surface area contributed by atoms with Crippen molar-refractivity contribution in [2.24, 2.45) is 5.92 Å². The zero-order chi connectivity index (χ0) is 9.19. The molecule has 0 bridgehead atoms. The van der Waals surface area contributed by atoms with Crippen LogP contribution in [0.4, 0.5) is 0 Å². The second-order valence-corrected chi connectivity index (χ2v) is 6.00. The third-order valence-corrected chi connectivity index (χ3v) is 4.91. The summed E-state index contributed by atoms with van der Waals surface area (Å²) in [6.07, 6.45) is 2.26. The topological polar surface area (TPSA) is 54.4 Å². The molecule has 0 spiro atoms. The van der Waals surface area contributed by atoms with E-state index in [1.165, 1.54) is 0 Å². The van der Waals surface area contributed by atoms with Gasteiger partial charge in [-0.2, -0.15) is 0 Å². The van der Waals surface area contributed by atoms with Crippen molar-refractivity contribution in [3.8, 4) is 0 Å². The van der Waals surface area contributed by atoms with Crippen LogP contribution in [-0.4, -0.2) is 31.1 Å². The van der Waals surface area contributed by atoms with E-state index in [-0.39, 0.29) is 23.5 Å². The lowest BCUT2D eigenvalue weighted by atomic mass is 10.1. The summed E-state index contributed by atoms with van der Waals surface area (Å²) in [4.78, 5) is 0. The van der Waals surface area contributed by atoms with Crippen LogP contribution in [0.2, 0.25) is 0 Å². The lowest BCUT2D eigenvalue weighted by Gasteiger charge is -2.08. The van der Waals surface area contributed by atoms with Crippen LogP contribution in [0.1, 0.15) is 26.2 Å². The minimum atomic E-state index is -2.85. The van der Waals surface area contributed by atoms with Crippen molar-refractivity contribution < 1.29 is 13.5 Å². The van der Waals surface area contributed by atoms with E-state index in [1.807, 2.05) is 0 Å². The highest BCUT2D eigenvalue weighted by Crippen LogP contribution is 2.30. The third-order valence-electron chi connectivity index (χ3n) is 2.66. The monoisotopic (exact) mass is 192 g/mol. The maximum atomic E-state index is 11.4. The average Bonchev–Trinajstić information content (AvgIpc) is 2.52. The SMILES string of the molecule is CCS(=O)(=O)[C@@H]1CC[C@@H](CO)C1. The molecule has 1 rings (SSSR count). The first-order chi connectivity index (χ1) is 5.60. The average molecular weight is 192 g/mol. The molecule has 1 aliphatic rings. The predicted octanol–water partition coefficient (Wildman–Crippen LogP) is 0.582. The quantitative estimate of drug-likeness (QED) is 0.711. The second kappa shape index (κ2) is 3.75. The van der Waals surface area contributed by atoms with Crippen molar-refractivity contribution in [1.82, 2.24) is 0 Å². The molecule has 0 saturated heterocycles. The van der Waals surface area contributed by atoms with Gasteiger partial charge < -0.3 is 5.11 Å². The van der Waals surface area contributed by atoms with Crippen molar-refractivity contribution in [3.05, 3.63) is 0 Å². The van der Waals surface area contributed by atoms with E-state index in [1.54, 1.807) is 6.92 Å². The Morgan fingerprint density at radius 1 is 1.42 bits per heavy atom. The van der Waals surface area contributed by atoms with Gasteiger partial charge in [-0.15, -0.1) is 0 Å². The van der Waals surface area contributed by atoms with Gasteiger partial charge in [-0.1, -0.05) is 6.92 Å². The Bertz CT molecular complexity index is 233. The van der Waals surface area contributed by atoms with Gasteiger partial charge in [0.25, 0.3) is 0 Å². The van der Waals surface area contributed by atoms with E-state index in [4.69, 9.17) is 5.11 Å². The zero-order valence-electron chi connectivity index (χ0n) is 7.36. The Kier molecular flexibility index (Phi) is 3.12. The molecule has 72 valence electrons. The number of sulfone groups is 1. The first-order valence-electron chi connectivity index (χ1n) is 4.42. The van der Waals surface area contributed by atoms with Crippen molar-refractivity contribution in [3.63, 3.8) is 0 Å². The van der Waals surface area contributed by atoms with Gasteiger partial charge in [-0.25, -0.2) is 8.42 Å². The molecule has 0 amide bonds. The summed E-state index contributed by atoms with van der Waals surface area (Å²) in [7, 11) is -2.85. The normalized spacial score (nSPS) is 30.8. The molecule has 2 atom stereocenters. The molecule has 1 fully saturated rings. The molecule has 12 heavy (non-hydrogen) atoms. The minimum Gasteiger partial charge on any atom is -0.396 e. The Hall–Kier alpha value is -0.0900. The molecule has 0 aromatic carbocycles. The van der Waals surface area contributed by atoms with Gasteiger partial charge >= 0.3 is 0 Å². The minimum absolute atomic E-state index is 0.135. The van der Waals surface area contributed by atoms with Crippen molar-refractivity contribution >= 4 is 9.84 Å². The predicted molar refractivity (Wildman–Crippen MR) is 47.7 cm³/mol. The molecule has 0 aliphatic heterocycles. The first kappa shape index (κ1) is 9.99. The van der Waals surface area contributed by atoms with Crippen LogP contribution >= 0.6 is 0 Å². The Morgan fingerprint density at radius 3 is 2.50 bits per heavy atom. The van der Waals surface area contributed by atoms with Gasteiger partial charge in [0.2, 0.25) is 0 Å². The van der Waals surface area contributed by atoms with Gasteiger partial charge in [0.15, 0.2) is 9.84 Å². The molecule has 3 nitrogen and oxygen atoms in total. The van der Waals surface area contributed by atoms with Gasteiger partial charge in [-0.3, -0.25) is 0 Å². The van der Waals surface area contributed by atoms with Crippen LogP contribution in [0.15, 0.2) is 0 Å². The van der Waals surface area contributed by atoms with E-state index in [0.717, 1.165) is 12.8 Å². The molecule has 0 heterocycles. The van der Waals surface area contributed by atoms with E-state index in [9.17, 15) is 8.42 Å². The highest BCUT2D eigenvalue weighted by molar-refractivity contribution is 7.92. The lowest BCUT2D eigenvalue weighted by Crippen LogP contribution is -2.20. The standard InChI is InChI=1S/C8H16O3S/c1-2-12(10,11)8-4-3-7(5-8)6-9/h7-9H,2-6H2,1H3/t7-,8-/m1/s1. The van der Waals surface area contributed by atoms with Crippen LogP contribution in [0.5, 0.6) is 0 Å². The summed E-state index contributed by atoms with van der Waals surface area (Å²) in [6.45, 7) is 1.82. The summed E-state index contributed by atoms with van der Waals surface area (Å²) in [5.74, 6) is 0.451. The fourth-order valence-electron chi connectivity index (χ4n) is 1.76. The lowest BCUT2D eigenvalue weighted by molar-refractivity contribution is 0.230. The highest BCUT2D eigenvalue weighted by atomic mass is 32.2. The Morgan fingerprint density at radius 2 is 2.08 bits per heavy atom. The van der Waals surface area contributed by atoms with Crippen molar-refractivity contribution in [1.29, 1.82) is 0 Å². The molecule has 1 saturated carbocycles. The maximum absolute atomic E-state index is 11.4. The molecule has 1 N–H and O–H groups in total. The summed E-state index contributed by atoms with van der Waals surface area (Å²) >= 11 is 0. The van der Waals surface area contributed by atoms with Gasteiger partial charge in [0.1, 0.15) is 0 Å². The molecule has 0 aromatic rings. The molecule has 4 heteroatoms. The smallest absolute Gasteiger partial charge is 0.152 e. The fourth-order valence-corrected chi connectivity index (χ4v) is 3.29. The number of hydrogen-bond donors (Lipinski definition) is 1.